The summed E-state index contributed by atoms with van der Waals surface area (Å²) in [7, 11) is 1.91. The van der Waals surface area contributed by atoms with Crippen LogP contribution in [0.5, 0.6) is 0 Å². The number of nitrogen functional groups attached to an aromatic ring is 1. The SMILES string of the molecule is Cn1ccnc1-c1ccc(NC(=O)OC(C)(C)C)c(N)c1. The van der Waals surface area contributed by atoms with Crippen LogP contribution in [0.15, 0.2) is 30.6 Å². The quantitative estimate of drug-likeness (QED) is 0.832. The predicted octanol–water partition coefficient (Wildman–Crippen LogP) is 3.02. The van der Waals surface area contributed by atoms with Crippen molar-refractivity contribution in [3.63, 3.8) is 0 Å². The lowest BCUT2D eigenvalue weighted by molar-refractivity contribution is 0.0636. The number of rotatable bonds is 2. The first-order valence-corrected chi connectivity index (χ1v) is 6.63. The number of aryl methyl sites for hydroxylation is 1. The van der Waals surface area contributed by atoms with Crippen molar-refractivity contribution >= 4 is 17.5 Å². The lowest BCUT2D eigenvalue weighted by Gasteiger charge is -2.20. The Labute approximate surface area is 123 Å². The van der Waals surface area contributed by atoms with Gasteiger partial charge in [0.05, 0.1) is 11.4 Å². The van der Waals surface area contributed by atoms with Crippen LogP contribution in [0.1, 0.15) is 20.8 Å². The monoisotopic (exact) mass is 288 g/mol. The second-order valence-electron chi connectivity index (χ2n) is 5.79. The van der Waals surface area contributed by atoms with Gasteiger partial charge in [0, 0.05) is 25.0 Å². The summed E-state index contributed by atoms with van der Waals surface area (Å²) in [5, 5.41) is 2.64. The highest BCUT2D eigenvalue weighted by atomic mass is 16.6. The summed E-state index contributed by atoms with van der Waals surface area (Å²) in [5.74, 6) is 0.811. The van der Waals surface area contributed by atoms with Crippen LogP contribution in [-0.2, 0) is 11.8 Å². The first kappa shape index (κ1) is 14.9. The highest BCUT2D eigenvalue weighted by molar-refractivity contribution is 5.90. The van der Waals surface area contributed by atoms with Crippen LogP contribution >= 0.6 is 0 Å². The van der Waals surface area contributed by atoms with Gasteiger partial charge in [-0.15, -0.1) is 0 Å². The topological polar surface area (TPSA) is 82.2 Å². The van der Waals surface area contributed by atoms with Crippen molar-refractivity contribution in [3.8, 4) is 11.4 Å². The zero-order valence-corrected chi connectivity index (χ0v) is 12.7. The molecule has 0 radical (unpaired) electrons. The largest absolute Gasteiger partial charge is 0.444 e. The van der Waals surface area contributed by atoms with Crippen molar-refractivity contribution in [2.24, 2.45) is 7.05 Å². The molecule has 2 rings (SSSR count). The van der Waals surface area contributed by atoms with Crippen molar-refractivity contribution in [2.75, 3.05) is 11.1 Å². The molecule has 0 saturated heterocycles. The number of amides is 1. The van der Waals surface area contributed by atoms with Gasteiger partial charge in [-0.25, -0.2) is 9.78 Å². The minimum atomic E-state index is -0.550. The number of nitrogens with zero attached hydrogens (tertiary/aromatic N) is 2. The molecule has 1 aromatic heterocycles. The number of aromatic nitrogens is 2. The number of nitrogens with two attached hydrogens (primary N) is 1. The van der Waals surface area contributed by atoms with E-state index in [4.69, 9.17) is 10.5 Å². The number of ether oxygens (including phenoxy) is 1. The van der Waals surface area contributed by atoms with Gasteiger partial charge in [0.1, 0.15) is 11.4 Å². The normalized spacial score (nSPS) is 11.2. The van der Waals surface area contributed by atoms with Crippen LogP contribution in [0.2, 0.25) is 0 Å². The van der Waals surface area contributed by atoms with Crippen molar-refractivity contribution in [3.05, 3.63) is 30.6 Å². The third-order valence-electron chi connectivity index (χ3n) is 2.77. The van der Waals surface area contributed by atoms with E-state index < -0.39 is 11.7 Å². The maximum Gasteiger partial charge on any atom is 0.412 e. The molecule has 3 N–H and O–H groups in total. The average Bonchev–Trinajstić information content (AvgIpc) is 2.76. The van der Waals surface area contributed by atoms with E-state index in [9.17, 15) is 4.79 Å². The Morgan fingerprint density at radius 3 is 2.62 bits per heavy atom. The molecular weight excluding hydrogens is 268 g/mol. The van der Waals surface area contributed by atoms with Crippen molar-refractivity contribution in [2.45, 2.75) is 26.4 Å². The zero-order valence-electron chi connectivity index (χ0n) is 12.7. The fraction of sp³-hybridized carbons (Fsp3) is 0.333. The highest BCUT2D eigenvalue weighted by Crippen LogP contribution is 2.26. The van der Waals surface area contributed by atoms with Crippen molar-refractivity contribution in [1.82, 2.24) is 9.55 Å². The number of hydrogen-bond acceptors (Lipinski definition) is 4. The van der Waals surface area contributed by atoms with Gasteiger partial charge < -0.3 is 15.0 Å². The van der Waals surface area contributed by atoms with E-state index in [1.165, 1.54) is 0 Å². The van der Waals surface area contributed by atoms with Crippen LogP contribution in [0.25, 0.3) is 11.4 Å². The molecule has 0 saturated carbocycles. The molecule has 1 amide bonds. The average molecular weight is 288 g/mol. The summed E-state index contributed by atoms with van der Waals surface area (Å²) in [6.45, 7) is 5.42. The summed E-state index contributed by atoms with van der Waals surface area (Å²) < 4.78 is 7.09. The second-order valence-corrected chi connectivity index (χ2v) is 5.79. The number of imidazole rings is 1. The van der Waals surface area contributed by atoms with Crippen molar-refractivity contribution < 1.29 is 9.53 Å². The maximum atomic E-state index is 11.7. The number of carbonyl (C=O) groups excluding carboxylic acids is 1. The molecule has 0 spiro atoms. The minimum Gasteiger partial charge on any atom is -0.444 e. The van der Waals surface area contributed by atoms with Gasteiger partial charge in [-0.3, -0.25) is 5.32 Å². The highest BCUT2D eigenvalue weighted by Gasteiger charge is 2.17. The van der Waals surface area contributed by atoms with E-state index in [0.717, 1.165) is 11.4 Å². The van der Waals surface area contributed by atoms with E-state index in [0.29, 0.717) is 11.4 Å². The van der Waals surface area contributed by atoms with Crippen LogP contribution < -0.4 is 11.1 Å². The molecular formula is C15H20N4O2. The van der Waals surface area contributed by atoms with Gasteiger partial charge in [0.15, 0.2) is 0 Å². The molecule has 6 nitrogen and oxygen atoms in total. The molecule has 0 bridgehead atoms. The van der Waals surface area contributed by atoms with E-state index in [1.807, 2.05) is 23.9 Å². The summed E-state index contributed by atoms with van der Waals surface area (Å²) >= 11 is 0. The molecule has 0 aliphatic heterocycles. The van der Waals surface area contributed by atoms with Crippen LogP contribution in [0, 0.1) is 0 Å². The Hall–Kier alpha value is -2.50. The minimum absolute atomic E-state index is 0.460. The van der Waals surface area contributed by atoms with E-state index in [2.05, 4.69) is 10.3 Å². The van der Waals surface area contributed by atoms with Gasteiger partial charge >= 0.3 is 6.09 Å². The molecule has 0 atom stereocenters. The maximum absolute atomic E-state index is 11.7. The molecule has 0 aliphatic rings. The van der Waals surface area contributed by atoms with Gasteiger partial charge in [-0.05, 0) is 39.0 Å². The molecule has 1 aromatic carbocycles. The third kappa shape index (κ3) is 3.75. The Morgan fingerprint density at radius 1 is 1.38 bits per heavy atom. The van der Waals surface area contributed by atoms with Crippen LogP contribution in [0.4, 0.5) is 16.2 Å². The lowest BCUT2D eigenvalue weighted by atomic mass is 10.1. The number of carbonyl (C=O) groups is 1. The Kier molecular flexibility index (Phi) is 3.88. The summed E-state index contributed by atoms with van der Waals surface area (Å²) in [5.41, 5.74) is 7.29. The Bertz CT molecular complexity index is 656. The molecule has 21 heavy (non-hydrogen) atoms. The Balaban J connectivity index is 2.17. The molecule has 0 aliphatic carbocycles. The van der Waals surface area contributed by atoms with Gasteiger partial charge in [0.2, 0.25) is 0 Å². The predicted molar refractivity (Wildman–Crippen MR) is 82.9 cm³/mol. The van der Waals surface area contributed by atoms with E-state index >= 15 is 0 Å². The van der Waals surface area contributed by atoms with Gasteiger partial charge in [-0.1, -0.05) is 0 Å². The molecule has 1 heterocycles. The molecule has 6 heteroatoms. The van der Waals surface area contributed by atoms with Gasteiger partial charge in [0.25, 0.3) is 0 Å². The number of hydrogen-bond donors (Lipinski definition) is 2. The summed E-state index contributed by atoms with van der Waals surface area (Å²) in [6, 6.07) is 5.36. The standard InChI is InChI=1S/C15H20N4O2/c1-15(2,3)21-14(20)18-12-6-5-10(9-11(12)16)13-17-7-8-19(13)4/h5-9H,16H2,1-4H3,(H,18,20). The number of benzene rings is 1. The lowest BCUT2D eigenvalue weighted by Crippen LogP contribution is -2.27. The Morgan fingerprint density at radius 2 is 2.10 bits per heavy atom. The van der Waals surface area contributed by atoms with E-state index in [1.54, 1.807) is 39.1 Å². The third-order valence-corrected chi connectivity index (χ3v) is 2.77. The molecule has 0 unspecified atom stereocenters. The smallest absolute Gasteiger partial charge is 0.412 e. The fourth-order valence-corrected chi connectivity index (χ4v) is 1.87. The first-order chi connectivity index (χ1) is 9.76. The number of anilines is 2. The van der Waals surface area contributed by atoms with Gasteiger partial charge in [-0.2, -0.15) is 0 Å². The molecule has 2 aromatic rings. The van der Waals surface area contributed by atoms with Crippen molar-refractivity contribution in [1.29, 1.82) is 0 Å². The number of nitrogens with one attached hydrogen (secondary N) is 1. The van der Waals surface area contributed by atoms with Crippen LogP contribution in [-0.4, -0.2) is 21.2 Å². The van der Waals surface area contributed by atoms with Crippen LogP contribution in [0.3, 0.4) is 0 Å². The first-order valence-electron chi connectivity index (χ1n) is 6.63. The van der Waals surface area contributed by atoms with E-state index in [-0.39, 0.29) is 0 Å². The molecule has 112 valence electrons. The summed E-state index contributed by atoms with van der Waals surface area (Å²) in [6.07, 6.45) is 3.05. The summed E-state index contributed by atoms with van der Waals surface area (Å²) in [4.78, 5) is 16.0. The molecule has 0 fully saturated rings. The second kappa shape index (κ2) is 5.47. The fourth-order valence-electron chi connectivity index (χ4n) is 1.87. The zero-order chi connectivity index (χ0) is 15.6.